The van der Waals surface area contributed by atoms with E-state index >= 15 is 0 Å². The van der Waals surface area contributed by atoms with E-state index in [4.69, 9.17) is 9.26 Å². The van der Waals surface area contributed by atoms with Crippen LogP contribution in [0.3, 0.4) is 0 Å². The number of likely N-dealkylation sites (N-methyl/N-ethyl adjacent to an activating group) is 1. The number of carbonyl (C=O) groups is 2. The lowest BCUT2D eigenvalue weighted by Gasteiger charge is -2.44. The lowest BCUT2D eigenvalue weighted by atomic mass is 9.73. The van der Waals surface area contributed by atoms with Gasteiger partial charge in [-0.3, -0.25) is 9.32 Å². The first-order valence-electron chi connectivity index (χ1n) is 13.4. The molecule has 0 fully saturated rings. The normalized spacial score (nSPS) is 19.7. The first-order valence-corrected chi connectivity index (χ1v) is 14.9. The van der Waals surface area contributed by atoms with Crippen LogP contribution in [0.5, 0.6) is 11.5 Å². The number of carboxylic acid groups (broad SMARTS) is 1. The zero-order valence-electron chi connectivity index (χ0n) is 23.6. The topological polar surface area (TPSA) is 157 Å². The second-order valence-electron chi connectivity index (χ2n) is 10.6. The summed E-state index contributed by atoms with van der Waals surface area (Å²) in [6.07, 6.45) is 6.83. The van der Waals surface area contributed by atoms with Crippen LogP contribution in [0, 0.1) is 19.8 Å². The number of allylic oxidation sites excluding steroid dienone is 1. The quantitative estimate of drug-likeness (QED) is 0.107. The highest BCUT2D eigenvalue weighted by Gasteiger charge is 2.45. The predicted octanol–water partition coefficient (Wildman–Crippen LogP) is 5.04. The Labute approximate surface area is 248 Å². The van der Waals surface area contributed by atoms with Gasteiger partial charge in [-0.1, -0.05) is 48.6 Å². The van der Waals surface area contributed by atoms with Gasteiger partial charge in [0.1, 0.15) is 11.5 Å². The molecule has 2 aliphatic rings. The molecule has 0 spiro atoms. The van der Waals surface area contributed by atoms with Crippen molar-refractivity contribution in [2.75, 3.05) is 11.9 Å². The van der Waals surface area contributed by atoms with E-state index in [0.717, 1.165) is 11.3 Å². The Morgan fingerprint density at radius 3 is 2.26 bits per heavy atom. The molecule has 0 saturated carbocycles. The van der Waals surface area contributed by atoms with Crippen LogP contribution in [-0.2, 0) is 9.32 Å². The highest BCUT2D eigenvalue weighted by atomic mass is 31.2. The van der Waals surface area contributed by atoms with Gasteiger partial charge in [-0.15, -0.1) is 0 Å². The summed E-state index contributed by atoms with van der Waals surface area (Å²) in [5, 5.41) is 19.0. The van der Waals surface area contributed by atoms with Crippen molar-refractivity contribution in [1.82, 2.24) is 0 Å². The number of fused-ring (bicyclic) bond motifs is 2. The Morgan fingerprint density at radius 2 is 1.63 bits per heavy atom. The molecule has 5 rings (SSSR count). The zero-order valence-corrected chi connectivity index (χ0v) is 24.5. The maximum absolute atomic E-state index is 13.9. The molecule has 0 bridgehead atoms. The van der Waals surface area contributed by atoms with Crippen LogP contribution in [-0.4, -0.2) is 49.9 Å². The Bertz CT molecular complexity index is 1650. The van der Waals surface area contributed by atoms with Gasteiger partial charge in [-0.2, -0.15) is 14.7 Å². The smallest absolute Gasteiger partial charge is 0.508 e. The minimum atomic E-state index is -4.69. The maximum atomic E-state index is 13.9. The molecular formula is C32H31NO9P+. The molecule has 43 heavy (non-hydrogen) atoms. The SMILES string of the molecule is Cc1cc(C(=O)O)cc(C)c1OC(=O)C1c2ccccc2N(C)C2C=C(/C(=C/c3ccc(O)cc3)O[P+](O)(O)O)C=CC12. The van der Waals surface area contributed by atoms with Gasteiger partial charge in [0.25, 0.3) is 0 Å². The van der Waals surface area contributed by atoms with Gasteiger partial charge in [0, 0.05) is 24.2 Å². The second kappa shape index (κ2) is 11.7. The molecule has 1 aliphatic carbocycles. The van der Waals surface area contributed by atoms with E-state index in [2.05, 4.69) is 0 Å². The van der Waals surface area contributed by atoms with Crippen molar-refractivity contribution < 1.29 is 43.7 Å². The van der Waals surface area contributed by atoms with E-state index in [0.29, 0.717) is 28.0 Å². The standard InChI is InChI=1S/C32H30NO9P/c1-18-14-22(31(35)36)15-19(2)30(18)41-32(37)29-24-6-4-5-7-26(24)33(3)27-17-21(10-13-25(27)29)28(42-43(38,39)40)16-20-8-11-23(34)12-9-20/h4-17,25,27,29,38-40H,1-3H3,(H-,34,35,36)/p+1/b28-16-. The summed E-state index contributed by atoms with van der Waals surface area (Å²) in [7, 11) is -2.81. The number of phenols is 1. The molecule has 3 aromatic carbocycles. The van der Waals surface area contributed by atoms with Crippen LogP contribution in [0.4, 0.5) is 5.69 Å². The number of aryl methyl sites for hydroxylation is 2. The highest BCUT2D eigenvalue weighted by molar-refractivity contribution is 7.53. The van der Waals surface area contributed by atoms with E-state index in [1.807, 2.05) is 48.4 Å². The van der Waals surface area contributed by atoms with Gasteiger partial charge in [0.2, 0.25) is 0 Å². The van der Waals surface area contributed by atoms with Crippen molar-refractivity contribution >= 4 is 31.9 Å². The fourth-order valence-corrected chi connectivity index (χ4v) is 6.08. The third-order valence-electron chi connectivity index (χ3n) is 7.59. The van der Waals surface area contributed by atoms with E-state index in [-0.39, 0.29) is 17.1 Å². The van der Waals surface area contributed by atoms with Crippen LogP contribution >= 0.6 is 8.17 Å². The van der Waals surface area contributed by atoms with Crippen LogP contribution in [0.25, 0.3) is 6.08 Å². The molecule has 1 aliphatic heterocycles. The third kappa shape index (κ3) is 6.33. The number of para-hydroxylation sites is 1. The van der Waals surface area contributed by atoms with Crippen molar-refractivity contribution in [1.29, 1.82) is 0 Å². The van der Waals surface area contributed by atoms with Gasteiger partial charge >= 0.3 is 20.1 Å². The number of carbonyl (C=O) groups excluding carboxylic acids is 1. The summed E-state index contributed by atoms with van der Waals surface area (Å²) in [5.41, 5.74) is 3.71. The second-order valence-corrected chi connectivity index (χ2v) is 11.8. The fourth-order valence-electron chi connectivity index (χ4n) is 5.66. The molecule has 0 radical (unpaired) electrons. The number of nitrogens with zero attached hydrogens (tertiary/aromatic N) is 1. The summed E-state index contributed by atoms with van der Waals surface area (Å²) in [6.45, 7) is 3.38. The number of anilines is 1. The van der Waals surface area contributed by atoms with E-state index < -0.39 is 38.0 Å². The molecule has 0 aromatic heterocycles. The van der Waals surface area contributed by atoms with Crippen molar-refractivity contribution in [2.24, 2.45) is 5.92 Å². The summed E-state index contributed by atoms with van der Waals surface area (Å²) >= 11 is 0. The Balaban J connectivity index is 1.54. The summed E-state index contributed by atoms with van der Waals surface area (Å²) in [5.74, 6) is -2.36. The van der Waals surface area contributed by atoms with Gasteiger partial charge in [0.15, 0.2) is 5.76 Å². The summed E-state index contributed by atoms with van der Waals surface area (Å²) in [6, 6.07) is 16.1. The minimum Gasteiger partial charge on any atom is -0.508 e. The predicted molar refractivity (Wildman–Crippen MR) is 161 cm³/mol. The van der Waals surface area contributed by atoms with Gasteiger partial charge in [-0.25, -0.2) is 4.79 Å². The van der Waals surface area contributed by atoms with Crippen LogP contribution < -0.4 is 9.64 Å². The van der Waals surface area contributed by atoms with Crippen molar-refractivity contribution in [3.05, 3.63) is 118 Å². The molecule has 0 saturated heterocycles. The van der Waals surface area contributed by atoms with E-state index in [9.17, 15) is 34.5 Å². The number of ether oxygens (including phenoxy) is 1. The molecule has 3 aromatic rings. The number of rotatable bonds is 7. The molecule has 5 N–H and O–H groups in total. The number of carboxylic acids is 1. The highest BCUT2D eigenvalue weighted by Crippen LogP contribution is 2.51. The molecule has 1 heterocycles. The average molecular weight is 605 g/mol. The summed E-state index contributed by atoms with van der Waals surface area (Å²) < 4.78 is 11.2. The van der Waals surface area contributed by atoms with Crippen LogP contribution in [0.15, 0.2) is 90.2 Å². The van der Waals surface area contributed by atoms with Gasteiger partial charge < -0.3 is 19.8 Å². The van der Waals surface area contributed by atoms with E-state index in [1.54, 1.807) is 32.1 Å². The maximum Gasteiger partial charge on any atom is 0.613 e. The first-order chi connectivity index (χ1) is 20.3. The molecular weight excluding hydrogens is 573 g/mol. The number of aromatic carboxylic acids is 1. The zero-order chi connectivity index (χ0) is 31.1. The molecule has 3 unspecified atom stereocenters. The summed E-state index contributed by atoms with van der Waals surface area (Å²) in [4.78, 5) is 56.7. The molecule has 11 heteroatoms. The van der Waals surface area contributed by atoms with Crippen LogP contribution in [0.2, 0.25) is 0 Å². The van der Waals surface area contributed by atoms with Crippen molar-refractivity contribution in [2.45, 2.75) is 25.8 Å². The Kier molecular flexibility index (Phi) is 8.14. The van der Waals surface area contributed by atoms with Gasteiger partial charge in [-0.05, 0) is 72.5 Å². The molecule has 222 valence electrons. The number of hydrogen-bond acceptors (Lipinski definition) is 9. The Morgan fingerprint density at radius 1 is 0.977 bits per heavy atom. The van der Waals surface area contributed by atoms with Crippen LogP contribution in [0.1, 0.15) is 38.5 Å². The van der Waals surface area contributed by atoms with Crippen molar-refractivity contribution in [3.63, 3.8) is 0 Å². The fraction of sp³-hybridized carbons (Fsp3) is 0.188. The average Bonchev–Trinajstić information content (AvgIpc) is 2.95. The van der Waals surface area contributed by atoms with Crippen molar-refractivity contribution in [3.8, 4) is 11.5 Å². The third-order valence-corrected chi connectivity index (χ3v) is 8.03. The largest absolute Gasteiger partial charge is 0.613 e. The first kappa shape index (κ1) is 30.0. The lowest BCUT2D eigenvalue weighted by molar-refractivity contribution is -0.137. The molecule has 10 nitrogen and oxygen atoms in total. The number of phenolic OH excluding ortho intramolecular Hbond substituents is 1. The van der Waals surface area contributed by atoms with Gasteiger partial charge in [0.05, 0.1) is 17.5 Å². The number of aromatic hydroxyl groups is 1. The number of hydrogen-bond donors (Lipinski definition) is 5. The molecule has 0 amide bonds. The number of benzene rings is 3. The lowest BCUT2D eigenvalue weighted by Crippen LogP contribution is -2.47. The minimum absolute atomic E-state index is 0.0163. The molecule has 3 atom stereocenters. The Hall–Kier alpha value is -4.47. The number of esters is 1. The monoisotopic (exact) mass is 604 g/mol. The van der Waals surface area contributed by atoms with E-state index in [1.165, 1.54) is 30.3 Å².